The van der Waals surface area contributed by atoms with Crippen LogP contribution in [0.4, 0.5) is 11.4 Å². The van der Waals surface area contributed by atoms with Gasteiger partial charge in [-0.3, -0.25) is 19.1 Å². The zero-order chi connectivity index (χ0) is 19.0. The summed E-state index contributed by atoms with van der Waals surface area (Å²) < 4.78 is 6.96. The monoisotopic (exact) mass is 364 g/mol. The lowest BCUT2D eigenvalue weighted by Crippen LogP contribution is -2.34. The summed E-state index contributed by atoms with van der Waals surface area (Å²) in [6, 6.07) is 12.0. The predicted molar refractivity (Wildman–Crippen MR) is 99.8 cm³/mol. The third-order valence-electron chi connectivity index (χ3n) is 4.25. The molecule has 0 saturated carbocycles. The molecule has 0 unspecified atom stereocenters. The van der Waals surface area contributed by atoms with Crippen molar-refractivity contribution in [1.29, 1.82) is 0 Å². The van der Waals surface area contributed by atoms with Gasteiger partial charge >= 0.3 is 0 Å². The maximum absolute atomic E-state index is 12.4. The Bertz CT molecular complexity index is 1120. The Morgan fingerprint density at radius 1 is 1.26 bits per heavy atom. The van der Waals surface area contributed by atoms with Gasteiger partial charge in [-0.2, -0.15) is 5.10 Å². The number of rotatable bonds is 3. The van der Waals surface area contributed by atoms with Crippen molar-refractivity contribution in [2.75, 3.05) is 10.6 Å². The van der Waals surface area contributed by atoms with Gasteiger partial charge in [0.1, 0.15) is 12.3 Å². The second kappa shape index (κ2) is 6.56. The number of para-hydroxylation sites is 1. The van der Waals surface area contributed by atoms with Crippen LogP contribution < -0.4 is 20.8 Å². The Kier molecular flexibility index (Phi) is 4.08. The van der Waals surface area contributed by atoms with Crippen LogP contribution in [0.25, 0.3) is 10.9 Å². The number of hydrogen-bond donors (Lipinski definition) is 2. The van der Waals surface area contributed by atoms with Gasteiger partial charge in [0.15, 0.2) is 6.10 Å². The number of nitrogens with one attached hydrogen (secondary N) is 2. The molecule has 8 heteroatoms. The number of hydrogen-bond acceptors (Lipinski definition) is 5. The van der Waals surface area contributed by atoms with E-state index in [9.17, 15) is 14.4 Å². The van der Waals surface area contributed by atoms with Crippen molar-refractivity contribution in [2.45, 2.75) is 19.6 Å². The summed E-state index contributed by atoms with van der Waals surface area (Å²) in [6.45, 7) is 1.60. The molecule has 0 bridgehead atoms. The van der Waals surface area contributed by atoms with Crippen LogP contribution in [0.2, 0.25) is 0 Å². The van der Waals surface area contributed by atoms with Crippen molar-refractivity contribution in [2.24, 2.45) is 0 Å². The first-order valence-corrected chi connectivity index (χ1v) is 8.37. The lowest BCUT2D eigenvalue weighted by atomic mass is 10.2. The highest BCUT2D eigenvalue weighted by molar-refractivity contribution is 5.99. The smallest absolute Gasteiger partial charge is 0.265 e. The van der Waals surface area contributed by atoms with Gasteiger partial charge in [0.05, 0.1) is 17.4 Å². The Balaban J connectivity index is 1.54. The molecule has 2 heterocycles. The van der Waals surface area contributed by atoms with Crippen LogP contribution in [0.1, 0.15) is 6.92 Å². The molecule has 1 aromatic heterocycles. The molecule has 8 nitrogen and oxygen atoms in total. The zero-order valence-electron chi connectivity index (χ0n) is 14.4. The number of amides is 2. The summed E-state index contributed by atoms with van der Waals surface area (Å²) >= 11 is 0. The highest BCUT2D eigenvalue weighted by Gasteiger charge is 2.23. The van der Waals surface area contributed by atoms with Gasteiger partial charge < -0.3 is 15.4 Å². The Morgan fingerprint density at radius 3 is 2.93 bits per heavy atom. The first kappa shape index (κ1) is 16.8. The van der Waals surface area contributed by atoms with Gasteiger partial charge in [-0.25, -0.2) is 0 Å². The van der Waals surface area contributed by atoms with Crippen LogP contribution in [-0.4, -0.2) is 27.7 Å². The summed E-state index contributed by atoms with van der Waals surface area (Å²) in [5.74, 6) is -0.00394. The highest BCUT2D eigenvalue weighted by Crippen LogP contribution is 2.32. The summed E-state index contributed by atoms with van der Waals surface area (Å²) in [5, 5.41) is 10.0. The van der Waals surface area contributed by atoms with Gasteiger partial charge in [0, 0.05) is 11.1 Å². The number of carbonyl (C=O) groups excluding carboxylic acids is 2. The van der Waals surface area contributed by atoms with E-state index in [1.165, 1.54) is 10.9 Å². The number of anilines is 2. The fourth-order valence-electron chi connectivity index (χ4n) is 2.91. The lowest BCUT2D eigenvalue weighted by molar-refractivity contribution is -0.122. The molecule has 2 N–H and O–H groups in total. The topological polar surface area (TPSA) is 102 Å². The number of fused-ring (bicyclic) bond motifs is 2. The SMILES string of the molecule is C[C@@H]1Oc2ccc(NC(=O)Cn3ncc(=O)c4ccccc43)cc2NC1=O. The molecule has 2 aromatic carbocycles. The Labute approximate surface area is 153 Å². The average molecular weight is 364 g/mol. The summed E-state index contributed by atoms with van der Waals surface area (Å²) in [7, 11) is 0. The van der Waals surface area contributed by atoms with Gasteiger partial charge in [-0.1, -0.05) is 12.1 Å². The Morgan fingerprint density at radius 2 is 2.07 bits per heavy atom. The van der Waals surface area contributed by atoms with Crippen LogP contribution in [0.5, 0.6) is 5.75 Å². The summed E-state index contributed by atoms with van der Waals surface area (Å²) in [4.78, 5) is 36.0. The van der Waals surface area contributed by atoms with Gasteiger partial charge in [0.2, 0.25) is 11.3 Å². The standard InChI is InChI=1S/C19H16N4O4/c1-11-19(26)22-14-8-12(6-7-17(14)27-11)21-18(25)10-23-15-5-3-2-4-13(15)16(24)9-20-23/h2-9,11H,10H2,1H3,(H,21,25)(H,22,26)/t11-/m0/s1. The Hall–Kier alpha value is -3.68. The molecule has 0 spiro atoms. The molecular formula is C19H16N4O4. The van der Waals surface area contributed by atoms with E-state index in [2.05, 4.69) is 15.7 Å². The minimum atomic E-state index is -0.558. The molecular weight excluding hydrogens is 348 g/mol. The largest absolute Gasteiger partial charge is 0.479 e. The number of carbonyl (C=O) groups is 2. The van der Waals surface area contributed by atoms with Crippen molar-refractivity contribution in [1.82, 2.24) is 9.78 Å². The predicted octanol–water partition coefficient (Wildman–Crippen LogP) is 1.75. The van der Waals surface area contributed by atoms with E-state index in [-0.39, 0.29) is 23.8 Å². The third kappa shape index (κ3) is 3.24. The molecule has 2 amide bonds. The van der Waals surface area contributed by atoms with Crippen molar-refractivity contribution in [3.63, 3.8) is 0 Å². The van der Waals surface area contributed by atoms with E-state index in [4.69, 9.17) is 4.74 Å². The van der Waals surface area contributed by atoms with Crippen molar-refractivity contribution < 1.29 is 14.3 Å². The van der Waals surface area contributed by atoms with E-state index in [0.29, 0.717) is 28.0 Å². The quantitative estimate of drug-likeness (QED) is 0.737. The van der Waals surface area contributed by atoms with Gasteiger partial charge in [-0.15, -0.1) is 0 Å². The molecule has 27 heavy (non-hydrogen) atoms. The second-order valence-electron chi connectivity index (χ2n) is 6.19. The molecule has 1 atom stereocenters. The number of benzene rings is 2. The molecule has 1 aliphatic heterocycles. The van der Waals surface area contributed by atoms with E-state index in [1.807, 2.05) is 0 Å². The van der Waals surface area contributed by atoms with Crippen LogP contribution >= 0.6 is 0 Å². The molecule has 4 rings (SSSR count). The van der Waals surface area contributed by atoms with Crippen molar-refractivity contribution in [3.8, 4) is 5.75 Å². The van der Waals surface area contributed by atoms with Crippen molar-refractivity contribution >= 4 is 34.1 Å². The highest BCUT2D eigenvalue weighted by atomic mass is 16.5. The molecule has 0 saturated heterocycles. The minimum Gasteiger partial charge on any atom is -0.479 e. The minimum absolute atomic E-state index is 0.0578. The normalized spacial score (nSPS) is 15.6. The average Bonchev–Trinajstić information content (AvgIpc) is 2.65. The first-order valence-electron chi connectivity index (χ1n) is 8.37. The molecule has 0 aliphatic carbocycles. The zero-order valence-corrected chi connectivity index (χ0v) is 14.4. The molecule has 1 aliphatic rings. The van der Waals surface area contributed by atoms with Gasteiger partial charge in [0.25, 0.3) is 5.91 Å². The van der Waals surface area contributed by atoms with E-state index in [0.717, 1.165) is 0 Å². The molecule has 136 valence electrons. The summed E-state index contributed by atoms with van der Waals surface area (Å²) in [6.07, 6.45) is 0.639. The number of aromatic nitrogens is 2. The lowest BCUT2D eigenvalue weighted by Gasteiger charge is -2.23. The fraction of sp³-hybridized carbons (Fsp3) is 0.158. The molecule has 0 fully saturated rings. The van der Waals surface area contributed by atoms with E-state index in [1.54, 1.807) is 49.4 Å². The number of nitrogens with zero attached hydrogens (tertiary/aromatic N) is 2. The second-order valence-corrected chi connectivity index (χ2v) is 6.19. The van der Waals surface area contributed by atoms with Gasteiger partial charge in [-0.05, 0) is 37.3 Å². The molecule has 3 aromatic rings. The van der Waals surface area contributed by atoms with E-state index >= 15 is 0 Å². The summed E-state index contributed by atoms with van der Waals surface area (Å²) in [5.41, 5.74) is 1.41. The maximum atomic E-state index is 12.4. The number of ether oxygens (including phenoxy) is 1. The van der Waals surface area contributed by atoms with Crippen LogP contribution in [0.3, 0.4) is 0 Å². The van der Waals surface area contributed by atoms with Crippen LogP contribution in [0, 0.1) is 0 Å². The molecule has 0 radical (unpaired) electrons. The third-order valence-corrected chi connectivity index (χ3v) is 4.25. The fourth-order valence-corrected chi connectivity index (χ4v) is 2.91. The van der Waals surface area contributed by atoms with Crippen LogP contribution in [-0.2, 0) is 16.1 Å². The first-order chi connectivity index (χ1) is 13.0. The maximum Gasteiger partial charge on any atom is 0.265 e. The van der Waals surface area contributed by atoms with Crippen molar-refractivity contribution in [3.05, 3.63) is 58.9 Å². The van der Waals surface area contributed by atoms with Crippen LogP contribution in [0.15, 0.2) is 53.5 Å². The van der Waals surface area contributed by atoms with E-state index < -0.39 is 6.10 Å².